The van der Waals surface area contributed by atoms with Gasteiger partial charge in [0.15, 0.2) is 18.9 Å². The van der Waals surface area contributed by atoms with E-state index in [1.54, 1.807) is 110 Å². The minimum absolute atomic E-state index is 0.0139. The van der Waals surface area contributed by atoms with E-state index in [-0.39, 0.29) is 68.7 Å². The maximum Gasteiger partial charge on any atom is 0.530 e. The summed E-state index contributed by atoms with van der Waals surface area (Å²) in [5.41, 5.74) is 0.756. The maximum atomic E-state index is 14.5. The molecule has 0 heterocycles. The minimum atomic E-state index is -2.44. The maximum absolute atomic E-state index is 14.5. The van der Waals surface area contributed by atoms with Crippen LogP contribution in [0.25, 0.3) is 0 Å². The summed E-state index contributed by atoms with van der Waals surface area (Å²) in [5.74, 6) is 0.473. The van der Waals surface area contributed by atoms with Gasteiger partial charge in [-0.25, -0.2) is 0 Å². The third-order valence-electron chi connectivity index (χ3n) is 7.37. The first-order chi connectivity index (χ1) is 27.8. The number of rotatable bonds is 20. The highest BCUT2D eigenvalue weighted by atomic mass is 31.2. The summed E-state index contributed by atoms with van der Waals surface area (Å²) in [6.07, 6.45) is 5.72. The lowest BCUT2D eigenvalue weighted by atomic mass is 10.0. The number of carbonyl (C=O) groups excluding carboxylic acids is 5. The van der Waals surface area contributed by atoms with Crippen molar-refractivity contribution in [3.63, 3.8) is 0 Å². The fourth-order valence-electron chi connectivity index (χ4n) is 4.65. The molecule has 5 rings (SSSR count). The van der Waals surface area contributed by atoms with Gasteiger partial charge >= 0.3 is 17.2 Å². The van der Waals surface area contributed by atoms with Crippen molar-refractivity contribution in [2.45, 2.75) is 20.3 Å². The Balaban J connectivity index is 0.00000232. The summed E-state index contributed by atoms with van der Waals surface area (Å²) in [7, 11) is -3.43. The Bertz CT molecular complexity index is 2150. The number of benzene rings is 5. The van der Waals surface area contributed by atoms with Gasteiger partial charge in [-0.2, -0.15) is 0 Å². The molecule has 0 radical (unpaired) electrons. The molecule has 0 fully saturated rings. The number of methoxy groups -OCH3 is 1. The molecule has 14 heteroatoms. The van der Waals surface area contributed by atoms with Crippen LogP contribution in [0.15, 0.2) is 140 Å². The second kappa shape index (κ2) is 22.7. The lowest BCUT2D eigenvalue weighted by molar-refractivity contribution is -0.107. The smallest absolute Gasteiger partial charge is 0.497 e. The number of ether oxygens (including phenoxy) is 1. The number of ketones is 1. The van der Waals surface area contributed by atoms with Crippen molar-refractivity contribution in [3.05, 3.63) is 168 Å². The fraction of sp³-hybridized carbons (Fsp3) is 0.0930. The number of allylic oxidation sites excluding steroid dienone is 3. The van der Waals surface area contributed by atoms with Gasteiger partial charge in [0, 0.05) is 6.07 Å². The topological polar surface area (TPSA) is 150 Å². The van der Waals surface area contributed by atoms with Crippen LogP contribution in [0.3, 0.4) is 0 Å². The third kappa shape index (κ3) is 12.2. The van der Waals surface area contributed by atoms with Gasteiger partial charge in [0.05, 0.1) is 41.3 Å². The van der Waals surface area contributed by atoms with Gasteiger partial charge in [0.25, 0.3) is 0 Å². The van der Waals surface area contributed by atoms with Gasteiger partial charge < -0.3 is 36.7 Å². The van der Waals surface area contributed by atoms with Gasteiger partial charge in [-0.1, -0.05) is 54.6 Å². The van der Waals surface area contributed by atoms with E-state index >= 15 is 0 Å². The van der Waals surface area contributed by atoms with Crippen LogP contribution in [0, 0.1) is 0 Å². The van der Waals surface area contributed by atoms with E-state index in [1.165, 1.54) is 31.4 Å². The van der Waals surface area contributed by atoms with E-state index in [1.807, 2.05) is 6.92 Å². The van der Waals surface area contributed by atoms with Gasteiger partial charge in [-0.15, -0.1) is 6.58 Å². The highest BCUT2D eigenvalue weighted by Gasteiger charge is 2.29. The Morgan fingerprint density at radius 3 is 1.47 bits per heavy atom. The van der Waals surface area contributed by atoms with Crippen LogP contribution >= 0.6 is 17.2 Å². The molecule has 0 amide bonds. The fourth-order valence-corrected chi connectivity index (χ4v) is 6.86. The number of hydrogen-bond donors (Lipinski definition) is 0. The van der Waals surface area contributed by atoms with E-state index in [4.69, 9.17) is 31.9 Å². The summed E-state index contributed by atoms with van der Waals surface area (Å²) in [4.78, 5) is 61.2. The van der Waals surface area contributed by atoms with Crippen LogP contribution < -0.4 is 27.4 Å². The zero-order chi connectivity index (χ0) is 41.0. The van der Waals surface area contributed by atoms with Crippen molar-refractivity contribution in [2.24, 2.45) is 0 Å². The zero-order valence-electron chi connectivity index (χ0n) is 31.1. The number of carbonyl (C=O) groups is 5. The van der Waals surface area contributed by atoms with Crippen molar-refractivity contribution in [2.75, 3.05) is 7.11 Å². The van der Waals surface area contributed by atoms with E-state index in [0.717, 1.165) is 0 Å². The normalized spacial score (nSPS) is 11.1. The molecular formula is C43H38O12P2. The van der Waals surface area contributed by atoms with Crippen molar-refractivity contribution < 1.29 is 55.9 Å². The molecule has 0 saturated carbocycles. The lowest BCUT2D eigenvalue weighted by Gasteiger charge is -2.22. The van der Waals surface area contributed by atoms with Crippen LogP contribution in [0.4, 0.5) is 0 Å². The monoisotopic (exact) mass is 808 g/mol. The Kier molecular flexibility index (Phi) is 17.2. The largest absolute Gasteiger partial charge is 0.530 e. The first-order valence-corrected chi connectivity index (χ1v) is 19.3. The lowest BCUT2D eigenvalue weighted by Crippen LogP contribution is -2.10. The van der Waals surface area contributed by atoms with Crippen LogP contribution in [-0.2, 0) is 9.32 Å². The average Bonchev–Trinajstić information content (AvgIpc) is 3.24. The summed E-state index contributed by atoms with van der Waals surface area (Å²) >= 11 is 0. The van der Waals surface area contributed by atoms with Crippen molar-refractivity contribution >= 4 is 48.1 Å². The highest BCUT2D eigenvalue weighted by Crippen LogP contribution is 2.48. The van der Waals surface area contributed by atoms with Gasteiger partial charge in [0.1, 0.15) is 46.5 Å². The molecule has 0 aliphatic heterocycles. The minimum Gasteiger partial charge on any atom is -0.497 e. The van der Waals surface area contributed by atoms with Crippen molar-refractivity contribution in [3.8, 4) is 34.5 Å². The Morgan fingerprint density at radius 2 is 1.00 bits per heavy atom. The van der Waals surface area contributed by atoms with Crippen molar-refractivity contribution in [1.82, 2.24) is 0 Å². The predicted molar refractivity (Wildman–Crippen MR) is 217 cm³/mol. The standard InChI is InChI=1S/C40H32O12P2.C3H6/c1-3-31(22-23-41)47-53(48-35-16-8-4-12-28(35)25-42)52-39-24-32(46-2)20-21-34(39)40(45)33-15-7-11-19-38(33)51-54(49-36-17-9-5-13-29(36)26-43)50-37-18-10-6-14-30(37)27-44;1-3-2/h3-21,23-27H,22H2,1-2H3;3H,1H2,2H3/b31-3+;. The molecule has 0 aliphatic rings. The molecule has 5 aromatic rings. The second-order valence-corrected chi connectivity index (χ2v) is 13.2. The van der Waals surface area contributed by atoms with Gasteiger partial charge in [0.2, 0.25) is 5.78 Å². The Morgan fingerprint density at radius 1 is 0.579 bits per heavy atom. The summed E-state index contributed by atoms with van der Waals surface area (Å²) in [6.45, 7) is 6.92. The van der Waals surface area contributed by atoms with Gasteiger partial charge in [-0.3, -0.25) is 19.2 Å². The van der Waals surface area contributed by atoms with E-state index in [2.05, 4.69) is 6.58 Å². The van der Waals surface area contributed by atoms with Crippen LogP contribution in [0.1, 0.15) is 67.3 Å². The first kappa shape index (κ1) is 43.1. The zero-order valence-corrected chi connectivity index (χ0v) is 32.9. The number of hydrogen-bond acceptors (Lipinski definition) is 12. The molecular weight excluding hydrogens is 770 g/mol. The first-order valence-electron chi connectivity index (χ1n) is 17.1. The number of aldehydes is 4. The summed E-state index contributed by atoms with van der Waals surface area (Å²) in [5, 5.41) is 0. The number of para-hydroxylation sites is 4. The highest BCUT2D eigenvalue weighted by molar-refractivity contribution is 7.43. The van der Waals surface area contributed by atoms with Crippen LogP contribution in [0.5, 0.6) is 34.5 Å². The van der Waals surface area contributed by atoms with E-state index in [9.17, 15) is 24.0 Å². The molecule has 1 unspecified atom stereocenters. The third-order valence-corrected chi connectivity index (χ3v) is 9.48. The van der Waals surface area contributed by atoms with Crippen LogP contribution in [0.2, 0.25) is 0 Å². The summed E-state index contributed by atoms with van der Waals surface area (Å²) in [6, 6.07) is 30.1. The van der Waals surface area contributed by atoms with Gasteiger partial charge in [-0.05, 0) is 80.6 Å². The summed E-state index contributed by atoms with van der Waals surface area (Å²) < 4.78 is 42.0. The Hall–Kier alpha value is -6.61. The molecule has 5 aromatic carbocycles. The molecule has 57 heavy (non-hydrogen) atoms. The molecule has 12 nitrogen and oxygen atoms in total. The molecule has 0 saturated heterocycles. The van der Waals surface area contributed by atoms with Crippen LogP contribution in [-0.4, -0.2) is 38.0 Å². The predicted octanol–water partition coefficient (Wildman–Crippen LogP) is 10.5. The molecule has 292 valence electrons. The second-order valence-electron chi connectivity index (χ2n) is 11.2. The molecule has 0 N–H and O–H groups in total. The van der Waals surface area contributed by atoms with E-state index < -0.39 is 23.0 Å². The molecule has 0 bridgehead atoms. The average molecular weight is 809 g/mol. The van der Waals surface area contributed by atoms with E-state index in [0.29, 0.717) is 30.9 Å². The molecule has 0 aromatic heterocycles. The Labute approximate surface area is 332 Å². The molecule has 1 atom stereocenters. The van der Waals surface area contributed by atoms with Crippen molar-refractivity contribution in [1.29, 1.82) is 0 Å². The SMILES string of the molecule is C/C=C(\CC=O)OP(Oc1ccccc1C=O)Oc1cc(OC)ccc1C(=O)c1ccccc1OP(Oc1ccccc1C=O)Oc1ccccc1C=O.C=CC. The molecule has 0 spiro atoms. The quantitative estimate of drug-likeness (QED) is 0.0242. The molecule has 0 aliphatic carbocycles.